The first kappa shape index (κ1) is 20.9. The van der Waals surface area contributed by atoms with Gasteiger partial charge in [-0.05, 0) is 30.4 Å². The maximum absolute atomic E-state index is 12.6. The number of anilines is 1. The van der Waals surface area contributed by atoms with Crippen molar-refractivity contribution in [2.45, 2.75) is 39.7 Å². The van der Waals surface area contributed by atoms with Crippen molar-refractivity contribution < 1.29 is 49.0 Å². The van der Waals surface area contributed by atoms with Crippen molar-refractivity contribution in [1.29, 1.82) is 0 Å². The van der Waals surface area contributed by atoms with Crippen molar-refractivity contribution in [3.05, 3.63) is 29.8 Å². The number of amides is 2. The average Bonchev–Trinajstić information content (AvgIpc) is 3.22. The fraction of sp³-hybridized carbons (Fsp3) is 0.526. The second-order valence-corrected chi connectivity index (χ2v) is 7.30. The molecule has 1 heterocycles. The summed E-state index contributed by atoms with van der Waals surface area (Å²) >= 11 is 0. The van der Waals surface area contributed by atoms with E-state index in [0.717, 1.165) is 18.5 Å². The summed E-state index contributed by atoms with van der Waals surface area (Å²) in [6.07, 6.45) is 1.74. The SMILES string of the molecule is CC(C)C1(C(=O)[O-])CC1C(=O)Nc1ccccc1CN1CCCC1=O.[Na+]. The number of carbonyl (C=O) groups is 3. The maximum Gasteiger partial charge on any atom is 1.00 e. The van der Waals surface area contributed by atoms with Gasteiger partial charge >= 0.3 is 29.6 Å². The predicted molar refractivity (Wildman–Crippen MR) is 90.1 cm³/mol. The molecule has 1 N–H and O–H groups in total. The average molecular weight is 366 g/mol. The molecule has 6 nitrogen and oxygen atoms in total. The third kappa shape index (κ3) is 3.82. The van der Waals surface area contributed by atoms with E-state index in [1.165, 1.54) is 0 Å². The minimum atomic E-state index is -1.15. The van der Waals surface area contributed by atoms with Crippen molar-refractivity contribution in [3.8, 4) is 0 Å². The maximum atomic E-state index is 12.6. The topological polar surface area (TPSA) is 89.5 Å². The quantitative estimate of drug-likeness (QED) is 0.600. The summed E-state index contributed by atoms with van der Waals surface area (Å²) in [6.45, 7) is 4.78. The molecule has 1 aromatic carbocycles. The van der Waals surface area contributed by atoms with Crippen molar-refractivity contribution in [2.24, 2.45) is 17.3 Å². The van der Waals surface area contributed by atoms with Crippen LogP contribution in [-0.2, 0) is 20.9 Å². The predicted octanol–water partition coefficient (Wildman–Crippen LogP) is -1.84. The van der Waals surface area contributed by atoms with Crippen LogP contribution in [0, 0.1) is 17.3 Å². The van der Waals surface area contributed by atoms with E-state index in [0.29, 0.717) is 25.1 Å². The molecule has 1 aliphatic heterocycles. The molecular formula is C19H23N2NaO4. The minimum Gasteiger partial charge on any atom is -0.550 e. The summed E-state index contributed by atoms with van der Waals surface area (Å²) in [5.74, 6) is -2.06. The van der Waals surface area contributed by atoms with Crippen molar-refractivity contribution in [3.63, 3.8) is 0 Å². The molecule has 2 amide bonds. The summed E-state index contributed by atoms with van der Waals surface area (Å²) in [5.41, 5.74) is 0.426. The van der Waals surface area contributed by atoms with Gasteiger partial charge < -0.3 is 20.1 Å². The molecule has 2 unspecified atom stereocenters. The Morgan fingerprint density at radius 3 is 2.58 bits per heavy atom. The van der Waals surface area contributed by atoms with E-state index < -0.39 is 17.3 Å². The number of nitrogens with one attached hydrogen (secondary N) is 1. The Hall–Kier alpha value is -1.37. The van der Waals surface area contributed by atoms with E-state index in [1.807, 2.05) is 18.2 Å². The molecule has 1 saturated heterocycles. The van der Waals surface area contributed by atoms with Crippen molar-refractivity contribution in [1.82, 2.24) is 4.90 Å². The van der Waals surface area contributed by atoms with Crippen LogP contribution in [0.1, 0.15) is 38.7 Å². The van der Waals surface area contributed by atoms with Crippen molar-refractivity contribution >= 4 is 23.5 Å². The largest absolute Gasteiger partial charge is 1.00 e. The molecule has 2 fully saturated rings. The second-order valence-electron chi connectivity index (χ2n) is 7.30. The van der Waals surface area contributed by atoms with Gasteiger partial charge in [-0.15, -0.1) is 0 Å². The van der Waals surface area contributed by atoms with Crippen LogP contribution in [0.3, 0.4) is 0 Å². The molecule has 0 aromatic heterocycles. The number of hydrogen-bond acceptors (Lipinski definition) is 4. The summed E-state index contributed by atoms with van der Waals surface area (Å²) in [4.78, 5) is 37.7. The van der Waals surface area contributed by atoms with Gasteiger partial charge in [-0.25, -0.2) is 0 Å². The Morgan fingerprint density at radius 1 is 1.35 bits per heavy atom. The molecule has 7 heteroatoms. The van der Waals surface area contributed by atoms with Crippen molar-refractivity contribution in [2.75, 3.05) is 11.9 Å². The number of nitrogens with zero attached hydrogens (tertiary/aromatic N) is 1. The molecule has 0 radical (unpaired) electrons. The first-order valence-corrected chi connectivity index (χ1v) is 8.74. The fourth-order valence-electron chi connectivity index (χ4n) is 3.78. The Balaban J connectivity index is 0.00000243. The van der Waals surface area contributed by atoms with Crippen LogP contribution in [-0.4, -0.2) is 29.2 Å². The monoisotopic (exact) mass is 366 g/mol. The zero-order valence-electron chi connectivity index (χ0n) is 15.6. The number of hydrogen-bond donors (Lipinski definition) is 1. The smallest absolute Gasteiger partial charge is 0.550 e. The van der Waals surface area contributed by atoms with Crippen LogP contribution < -0.4 is 40.0 Å². The molecule has 134 valence electrons. The summed E-state index contributed by atoms with van der Waals surface area (Å²) in [5, 5.41) is 14.3. The van der Waals surface area contributed by atoms with Gasteiger partial charge in [0.05, 0.1) is 5.92 Å². The third-order valence-electron chi connectivity index (χ3n) is 5.54. The molecule has 2 aliphatic rings. The molecule has 2 atom stereocenters. The number of benzene rings is 1. The molecule has 1 aliphatic carbocycles. The van der Waals surface area contributed by atoms with E-state index in [1.54, 1.807) is 24.8 Å². The van der Waals surface area contributed by atoms with Gasteiger partial charge in [-0.3, -0.25) is 9.59 Å². The molecule has 1 aromatic rings. The first-order valence-electron chi connectivity index (χ1n) is 8.74. The van der Waals surface area contributed by atoms with Crippen LogP contribution in [0.4, 0.5) is 5.69 Å². The van der Waals surface area contributed by atoms with Gasteiger partial charge in [0.25, 0.3) is 0 Å². The summed E-state index contributed by atoms with van der Waals surface area (Å²) in [6, 6.07) is 7.34. The molecule has 3 rings (SSSR count). The van der Waals surface area contributed by atoms with E-state index in [4.69, 9.17) is 0 Å². The normalized spacial score (nSPS) is 24.3. The standard InChI is InChI=1S/C19H24N2O4.Na/c1-12(2)19(18(24)25)10-14(19)17(23)20-15-7-4-3-6-13(15)11-21-9-5-8-16(21)22;/h3-4,6-7,12,14H,5,8-11H2,1-2H3,(H,20,23)(H,24,25);/q;+1/p-1. The van der Waals surface area contributed by atoms with Gasteiger partial charge in [0.2, 0.25) is 11.8 Å². The van der Waals surface area contributed by atoms with Crippen LogP contribution in [0.5, 0.6) is 0 Å². The number of likely N-dealkylation sites (tertiary alicyclic amines) is 1. The van der Waals surface area contributed by atoms with Gasteiger partial charge in [-0.1, -0.05) is 32.0 Å². The van der Waals surface area contributed by atoms with E-state index in [-0.39, 0.29) is 47.3 Å². The second kappa shape index (κ2) is 8.11. The Bertz CT molecular complexity index is 721. The number of para-hydroxylation sites is 1. The molecule has 26 heavy (non-hydrogen) atoms. The van der Waals surface area contributed by atoms with E-state index in [2.05, 4.69) is 5.32 Å². The fourth-order valence-corrected chi connectivity index (χ4v) is 3.78. The zero-order chi connectivity index (χ0) is 18.2. The number of carbonyl (C=O) groups excluding carboxylic acids is 3. The van der Waals surface area contributed by atoms with Gasteiger partial charge in [0, 0.05) is 36.6 Å². The third-order valence-corrected chi connectivity index (χ3v) is 5.54. The Labute approximate surface area is 175 Å². The minimum absolute atomic E-state index is 0. The van der Waals surface area contributed by atoms with E-state index >= 15 is 0 Å². The van der Waals surface area contributed by atoms with Crippen LogP contribution in [0.2, 0.25) is 0 Å². The number of carboxylic acid groups (broad SMARTS) is 1. The van der Waals surface area contributed by atoms with E-state index in [9.17, 15) is 19.5 Å². The van der Waals surface area contributed by atoms with Crippen LogP contribution >= 0.6 is 0 Å². The van der Waals surface area contributed by atoms with Crippen LogP contribution in [0.25, 0.3) is 0 Å². The number of rotatable bonds is 6. The van der Waals surface area contributed by atoms with Crippen LogP contribution in [0.15, 0.2) is 24.3 Å². The Kier molecular flexibility index (Phi) is 6.53. The summed E-state index contributed by atoms with van der Waals surface area (Å²) < 4.78 is 0. The number of carboxylic acids is 1. The molecular weight excluding hydrogens is 343 g/mol. The van der Waals surface area contributed by atoms with Gasteiger partial charge in [0.1, 0.15) is 0 Å². The molecule has 0 bridgehead atoms. The first-order chi connectivity index (χ1) is 11.9. The van der Waals surface area contributed by atoms with Gasteiger partial charge in [0.15, 0.2) is 0 Å². The molecule has 0 spiro atoms. The zero-order valence-corrected chi connectivity index (χ0v) is 17.6. The Morgan fingerprint density at radius 2 is 2.04 bits per heavy atom. The molecule has 1 saturated carbocycles. The number of aliphatic carboxylic acids is 1. The summed E-state index contributed by atoms with van der Waals surface area (Å²) in [7, 11) is 0. The van der Waals surface area contributed by atoms with Gasteiger partial charge in [-0.2, -0.15) is 0 Å².